The van der Waals surface area contributed by atoms with Crippen molar-refractivity contribution in [2.75, 3.05) is 18.5 Å². The molecule has 2 aromatic rings. The number of aryl methyl sites for hydroxylation is 1. The summed E-state index contributed by atoms with van der Waals surface area (Å²) in [4.78, 5) is 40.4. The van der Waals surface area contributed by atoms with Crippen molar-refractivity contribution in [3.8, 4) is 5.75 Å². The molecule has 0 radical (unpaired) electrons. The Labute approximate surface area is 197 Å². The van der Waals surface area contributed by atoms with E-state index < -0.39 is 29.9 Å². The first-order chi connectivity index (χ1) is 15.8. The number of rotatable bonds is 9. The Morgan fingerprint density at radius 2 is 1.94 bits per heavy atom. The van der Waals surface area contributed by atoms with Crippen molar-refractivity contribution in [2.45, 2.75) is 39.3 Å². The van der Waals surface area contributed by atoms with E-state index in [0.717, 1.165) is 10.5 Å². The summed E-state index contributed by atoms with van der Waals surface area (Å²) in [5.74, 6) is -0.725. The standard InChI is InChI=1S/C24H28ClN3O5/c1-4-15(3)21(22(30)26-19-10-5-14(2)13-18(19)25)28-23(31)20(27-24(28)32)16-6-8-17(9-7-16)33-12-11-29/h5-10,13,15,20-21,29H,4,11-12H2,1-3H3,(H,26,30)(H,27,32)/t15?,20-,21?/m1/s1. The minimum atomic E-state index is -1.00. The molecule has 1 aliphatic heterocycles. The molecular weight excluding hydrogens is 446 g/mol. The number of hydrogen-bond donors (Lipinski definition) is 3. The summed E-state index contributed by atoms with van der Waals surface area (Å²) in [6.07, 6.45) is 0.582. The van der Waals surface area contributed by atoms with Gasteiger partial charge in [0.25, 0.3) is 5.91 Å². The maximum Gasteiger partial charge on any atom is 0.325 e. The number of amides is 4. The minimum Gasteiger partial charge on any atom is -0.491 e. The van der Waals surface area contributed by atoms with Crippen molar-refractivity contribution in [2.24, 2.45) is 5.92 Å². The van der Waals surface area contributed by atoms with E-state index >= 15 is 0 Å². The lowest BCUT2D eigenvalue weighted by molar-refractivity contribution is -0.135. The number of nitrogens with one attached hydrogen (secondary N) is 2. The molecule has 1 saturated heterocycles. The van der Waals surface area contributed by atoms with Crippen molar-refractivity contribution < 1.29 is 24.2 Å². The van der Waals surface area contributed by atoms with Crippen LogP contribution in [-0.4, -0.2) is 47.1 Å². The van der Waals surface area contributed by atoms with E-state index in [0.29, 0.717) is 28.4 Å². The first kappa shape index (κ1) is 24.5. The number of ether oxygens (including phenoxy) is 1. The van der Waals surface area contributed by atoms with E-state index in [1.807, 2.05) is 26.8 Å². The number of hydrogen-bond acceptors (Lipinski definition) is 5. The monoisotopic (exact) mass is 473 g/mol. The molecule has 0 spiro atoms. The molecule has 0 saturated carbocycles. The summed E-state index contributed by atoms with van der Waals surface area (Å²) in [5, 5.41) is 14.7. The van der Waals surface area contributed by atoms with Crippen LogP contribution in [0.25, 0.3) is 0 Å². The maximum absolute atomic E-state index is 13.3. The van der Waals surface area contributed by atoms with Crippen molar-refractivity contribution in [1.82, 2.24) is 10.2 Å². The Hall–Kier alpha value is -3.10. The largest absolute Gasteiger partial charge is 0.491 e. The Morgan fingerprint density at radius 3 is 2.55 bits per heavy atom. The topological polar surface area (TPSA) is 108 Å². The Bertz CT molecular complexity index is 1030. The second-order valence-electron chi connectivity index (χ2n) is 8.03. The van der Waals surface area contributed by atoms with Gasteiger partial charge < -0.3 is 20.5 Å². The molecule has 4 amide bonds. The quantitative estimate of drug-likeness (QED) is 0.481. The number of aliphatic hydroxyl groups excluding tert-OH is 1. The van der Waals surface area contributed by atoms with Crippen LogP contribution < -0.4 is 15.4 Å². The predicted octanol–water partition coefficient (Wildman–Crippen LogP) is 3.67. The Kier molecular flexibility index (Phi) is 7.94. The molecule has 0 bridgehead atoms. The van der Waals surface area contributed by atoms with E-state index in [9.17, 15) is 14.4 Å². The molecule has 3 N–H and O–H groups in total. The first-order valence-corrected chi connectivity index (χ1v) is 11.2. The third-order valence-corrected chi connectivity index (χ3v) is 5.97. The summed E-state index contributed by atoms with van der Waals surface area (Å²) in [6, 6.07) is 9.36. The maximum atomic E-state index is 13.3. The fraction of sp³-hybridized carbons (Fsp3) is 0.375. The summed E-state index contributed by atoms with van der Waals surface area (Å²) in [5.41, 5.74) is 1.93. The summed E-state index contributed by atoms with van der Waals surface area (Å²) in [7, 11) is 0. The van der Waals surface area contributed by atoms with Gasteiger partial charge in [0, 0.05) is 0 Å². The van der Waals surface area contributed by atoms with Gasteiger partial charge in [-0.3, -0.25) is 9.59 Å². The normalized spacial score (nSPS) is 17.5. The van der Waals surface area contributed by atoms with Gasteiger partial charge >= 0.3 is 6.03 Å². The lowest BCUT2D eigenvalue weighted by Gasteiger charge is -2.29. The van der Waals surface area contributed by atoms with Gasteiger partial charge in [-0.25, -0.2) is 9.69 Å². The molecule has 33 heavy (non-hydrogen) atoms. The molecule has 1 aliphatic rings. The molecule has 3 rings (SSSR count). The smallest absolute Gasteiger partial charge is 0.325 e. The van der Waals surface area contributed by atoms with Crippen LogP contribution in [0.3, 0.4) is 0 Å². The van der Waals surface area contributed by atoms with Crippen LogP contribution in [0, 0.1) is 12.8 Å². The highest BCUT2D eigenvalue weighted by atomic mass is 35.5. The van der Waals surface area contributed by atoms with Gasteiger partial charge in [-0.1, -0.05) is 50.1 Å². The zero-order chi connectivity index (χ0) is 24.1. The third kappa shape index (κ3) is 5.46. The van der Waals surface area contributed by atoms with E-state index in [-0.39, 0.29) is 19.1 Å². The summed E-state index contributed by atoms with van der Waals surface area (Å²) < 4.78 is 5.33. The van der Waals surface area contributed by atoms with Gasteiger partial charge in [0.1, 0.15) is 24.4 Å². The number of aliphatic hydroxyl groups is 1. The van der Waals surface area contributed by atoms with Gasteiger partial charge in [0.05, 0.1) is 17.3 Å². The molecule has 1 fully saturated rings. The van der Waals surface area contributed by atoms with Crippen LogP contribution in [0.15, 0.2) is 42.5 Å². The molecule has 0 aliphatic carbocycles. The van der Waals surface area contributed by atoms with Gasteiger partial charge in [-0.15, -0.1) is 0 Å². The van der Waals surface area contributed by atoms with Crippen LogP contribution in [0.1, 0.15) is 37.4 Å². The Morgan fingerprint density at radius 1 is 1.24 bits per heavy atom. The molecule has 9 heteroatoms. The van der Waals surface area contributed by atoms with E-state index in [1.165, 1.54) is 0 Å². The third-order valence-electron chi connectivity index (χ3n) is 5.66. The van der Waals surface area contributed by atoms with Crippen LogP contribution in [0.4, 0.5) is 10.5 Å². The molecule has 0 aromatic heterocycles. The SMILES string of the molecule is CCC(C)C(C(=O)Nc1ccc(C)cc1Cl)N1C(=O)N[C@H](c2ccc(OCCO)cc2)C1=O. The van der Waals surface area contributed by atoms with Crippen LogP contribution in [0.2, 0.25) is 5.02 Å². The van der Waals surface area contributed by atoms with Crippen molar-refractivity contribution in [1.29, 1.82) is 0 Å². The lowest BCUT2D eigenvalue weighted by Crippen LogP contribution is -2.51. The van der Waals surface area contributed by atoms with Crippen molar-refractivity contribution >= 4 is 35.1 Å². The molecule has 176 valence electrons. The fourth-order valence-electron chi connectivity index (χ4n) is 3.68. The van der Waals surface area contributed by atoms with Crippen molar-refractivity contribution in [3.63, 3.8) is 0 Å². The minimum absolute atomic E-state index is 0.110. The number of urea groups is 1. The van der Waals surface area contributed by atoms with Gasteiger partial charge in [0.15, 0.2) is 0 Å². The van der Waals surface area contributed by atoms with Gasteiger partial charge in [0.2, 0.25) is 5.91 Å². The molecule has 3 atom stereocenters. The number of carbonyl (C=O) groups excluding carboxylic acids is 3. The fourth-order valence-corrected chi connectivity index (χ4v) is 3.97. The molecule has 8 nitrogen and oxygen atoms in total. The average molecular weight is 474 g/mol. The number of anilines is 1. The van der Waals surface area contributed by atoms with Crippen LogP contribution in [-0.2, 0) is 9.59 Å². The summed E-state index contributed by atoms with van der Waals surface area (Å²) >= 11 is 6.26. The number of carbonyl (C=O) groups is 3. The molecule has 2 unspecified atom stereocenters. The van der Waals surface area contributed by atoms with E-state index in [1.54, 1.807) is 36.4 Å². The Balaban J connectivity index is 1.83. The first-order valence-electron chi connectivity index (χ1n) is 10.8. The van der Waals surface area contributed by atoms with Gasteiger partial charge in [-0.2, -0.15) is 0 Å². The zero-order valence-corrected chi connectivity index (χ0v) is 19.6. The number of nitrogens with zero attached hydrogens (tertiary/aromatic N) is 1. The highest BCUT2D eigenvalue weighted by molar-refractivity contribution is 6.33. The molecular formula is C24H28ClN3O5. The number of halogens is 1. The highest BCUT2D eigenvalue weighted by Crippen LogP contribution is 2.30. The zero-order valence-electron chi connectivity index (χ0n) is 18.8. The highest BCUT2D eigenvalue weighted by Gasteiger charge is 2.46. The summed E-state index contributed by atoms with van der Waals surface area (Å²) in [6.45, 7) is 5.65. The number of imide groups is 1. The molecule has 1 heterocycles. The van der Waals surface area contributed by atoms with Gasteiger partial charge in [-0.05, 0) is 48.2 Å². The lowest BCUT2D eigenvalue weighted by atomic mass is 9.96. The van der Waals surface area contributed by atoms with E-state index in [4.69, 9.17) is 21.4 Å². The van der Waals surface area contributed by atoms with Crippen LogP contribution >= 0.6 is 11.6 Å². The average Bonchev–Trinajstić information content (AvgIpc) is 3.08. The second-order valence-corrected chi connectivity index (χ2v) is 8.44. The second kappa shape index (κ2) is 10.7. The van der Waals surface area contributed by atoms with E-state index in [2.05, 4.69) is 10.6 Å². The number of benzene rings is 2. The van der Waals surface area contributed by atoms with Crippen LogP contribution in [0.5, 0.6) is 5.75 Å². The predicted molar refractivity (Wildman–Crippen MR) is 125 cm³/mol. The van der Waals surface area contributed by atoms with Crippen molar-refractivity contribution in [3.05, 3.63) is 58.6 Å². The molecule has 2 aromatic carbocycles.